The lowest BCUT2D eigenvalue weighted by Crippen LogP contribution is -2.29. The van der Waals surface area contributed by atoms with E-state index in [0.29, 0.717) is 23.8 Å². The summed E-state index contributed by atoms with van der Waals surface area (Å²) in [5, 5.41) is 10.1. The lowest BCUT2D eigenvalue weighted by molar-refractivity contribution is -0.115. The Labute approximate surface area is 147 Å². The van der Waals surface area contributed by atoms with Crippen molar-refractivity contribution in [1.29, 1.82) is 0 Å². The van der Waals surface area contributed by atoms with E-state index in [-0.39, 0.29) is 5.91 Å². The van der Waals surface area contributed by atoms with Gasteiger partial charge in [-0.05, 0) is 49.1 Å². The highest BCUT2D eigenvalue weighted by Gasteiger charge is 2.20. The van der Waals surface area contributed by atoms with Gasteiger partial charge in [0, 0.05) is 11.6 Å². The maximum atomic E-state index is 12.1. The van der Waals surface area contributed by atoms with Gasteiger partial charge in [-0.25, -0.2) is 0 Å². The van der Waals surface area contributed by atoms with E-state index in [4.69, 9.17) is 11.6 Å². The Hall–Kier alpha value is -2.04. The minimum absolute atomic E-state index is 0.0549. The molecule has 0 saturated heterocycles. The molecule has 1 aliphatic rings. The van der Waals surface area contributed by atoms with E-state index in [1.807, 2.05) is 30.3 Å². The smallest absolute Gasteiger partial charge is 0.238 e. The molecule has 0 spiro atoms. The topological polar surface area (TPSA) is 53.2 Å². The summed E-state index contributed by atoms with van der Waals surface area (Å²) in [5.74, 6) is 0.702. The van der Waals surface area contributed by atoms with Crippen molar-refractivity contribution in [2.24, 2.45) is 5.92 Å². The van der Waals surface area contributed by atoms with Crippen molar-refractivity contribution in [3.8, 4) is 0 Å². The third kappa shape index (κ3) is 5.25. The lowest BCUT2D eigenvalue weighted by atomic mass is 10.2. The first-order chi connectivity index (χ1) is 11.7. The normalized spacial score (nSPS) is 13.5. The molecule has 4 nitrogen and oxygen atoms in total. The van der Waals surface area contributed by atoms with Gasteiger partial charge in [-0.3, -0.25) is 4.79 Å². The van der Waals surface area contributed by atoms with Crippen LogP contribution in [0.2, 0.25) is 5.02 Å². The van der Waals surface area contributed by atoms with Gasteiger partial charge >= 0.3 is 0 Å². The molecule has 0 heterocycles. The Kier molecular flexibility index (Phi) is 5.72. The number of carbonyl (C=O) groups excluding carboxylic acids is 1. The predicted molar refractivity (Wildman–Crippen MR) is 99.4 cm³/mol. The number of rotatable bonds is 8. The van der Waals surface area contributed by atoms with Crippen molar-refractivity contribution in [1.82, 2.24) is 5.32 Å². The fraction of sp³-hybridized carbons (Fsp3) is 0.316. The number of anilines is 2. The minimum Gasteiger partial charge on any atom is -0.379 e. The quantitative estimate of drug-likeness (QED) is 0.681. The van der Waals surface area contributed by atoms with Crippen molar-refractivity contribution in [2.75, 3.05) is 23.7 Å². The lowest BCUT2D eigenvalue weighted by Gasteiger charge is -2.14. The Morgan fingerprint density at radius 1 is 1.08 bits per heavy atom. The predicted octanol–water partition coefficient (Wildman–Crippen LogP) is 3.89. The zero-order chi connectivity index (χ0) is 16.8. The highest BCUT2D eigenvalue weighted by molar-refractivity contribution is 6.31. The molecule has 1 aliphatic carbocycles. The molecule has 0 aliphatic heterocycles. The average molecular weight is 344 g/mol. The molecule has 2 aromatic carbocycles. The second-order valence-corrected chi connectivity index (χ2v) is 6.59. The monoisotopic (exact) mass is 343 g/mol. The maximum absolute atomic E-state index is 12.1. The van der Waals surface area contributed by atoms with E-state index in [2.05, 4.69) is 28.1 Å². The van der Waals surface area contributed by atoms with Crippen LogP contribution in [0.1, 0.15) is 18.4 Å². The Morgan fingerprint density at radius 2 is 1.88 bits per heavy atom. The highest BCUT2D eigenvalue weighted by atomic mass is 35.5. The number of nitrogens with one attached hydrogen (secondary N) is 3. The molecular formula is C19H22ClN3O. The molecule has 24 heavy (non-hydrogen) atoms. The molecular weight excluding hydrogens is 322 g/mol. The molecule has 2 aromatic rings. The van der Waals surface area contributed by atoms with Gasteiger partial charge in [0.1, 0.15) is 0 Å². The van der Waals surface area contributed by atoms with Crippen molar-refractivity contribution >= 4 is 28.9 Å². The number of benzene rings is 2. The molecule has 0 bridgehead atoms. The van der Waals surface area contributed by atoms with E-state index in [1.165, 1.54) is 18.4 Å². The minimum atomic E-state index is -0.0549. The molecule has 0 radical (unpaired) electrons. The molecule has 1 amide bonds. The van der Waals surface area contributed by atoms with Gasteiger partial charge < -0.3 is 16.0 Å². The van der Waals surface area contributed by atoms with Crippen LogP contribution in [-0.4, -0.2) is 19.0 Å². The zero-order valence-corrected chi connectivity index (χ0v) is 14.3. The largest absolute Gasteiger partial charge is 0.379 e. The summed E-state index contributed by atoms with van der Waals surface area (Å²) in [6, 6.07) is 15.6. The molecule has 126 valence electrons. The molecule has 1 fully saturated rings. The molecule has 3 rings (SSSR count). The molecule has 3 N–H and O–H groups in total. The van der Waals surface area contributed by atoms with Crippen LogP contribution in [-0.2, 0) is 11.3 Å². The van der Waals surface area contributed by atoms with E-state index in [1.54, 1.807) is 6.07 Å². The van der Waals surface area contributed by atoms with Gasteiger partial charge in [0.25, 0.3) is 0 Å². The third-order valence-corrected chi connectivity index (χ3v) is 4.23. The fourth-order valence-corrected chi connectivity index (χ4v) is 2.65. The second kappa shape index (κ2) is 8.18. The molecule has 1 saturated carbocycles. The summed E-state index contributed by atoms with van der Waals surface area (Å²) in [5.41, 5.74) is 2.74. The molecule has 5 heteroatoms. The fourth-order valence-electron chi connectivity index (χ4n) is 2.47. The highest BCUT2D eigenvalue weighted by Crippen LogP contribution is 2.28. The van der Waals surface area contributed by atoms with Crippen molar-refractivity contribution in [3.63, 3.8) is 0 Å². The van der Waals surface area contributed by atoms with Crippen LogP contribution in [0.25, 0.3) is 0 Å². The maximum Gasteiger partial charge on any atom is 0.238 e. The van der Waals surface area contributed by atoms with Crippen LogP contribution in [0.4, 0.5) is 11.4 Å². The molecule has 0 aromatic heterocycles. The van der Waals surface area contributed by atoms with Crippen LogP contribution >= 0.6 is 11.6 Å². The Balaban J connectivity index is 1.58. The first-order valence-electron chi connectivity index (χ1n) is 8.28. The van der Waals surface area contributed by atoms with Crippen molar-refractivity contribution < 1.29 is 4.79 Å². The van der Waals surface area contributed by atoms with Gasteiger partial charge in [-0.1, -0.05) is 41.9 Å². The second-order valence-electron chi connectivity index (χ2n) is 6.15. The third-order valence-electron chi connectivity index (χ3n) is 4.00. The van der Waals surface area contributed by atoms with Crippen molar-refractivity contribution in [3.05, 3.63) is 59.1 Å². The summed E-state index contributed by atoms with van der Waals surface area (Å²) in [6.07, 6.45) is 2.55. The summed E-state index contributed by atoms with van der Waals surface area (Å²) < 4.78 is 0. The van der Waals surface area contributed by atoms with Gasteiger partial charge in [0.15, 0.2) is 0 Å². The van der Waals surface area contributed by atoms with Crippen LogP contribution in [0.3, 0.4) is 0 Å². The van der Waals surface area contributed by atoms with E-state index < -0.39 is 0 Å². The van der Waals surface area contributed by atoms with Crippen LogP contribution < -0.4 is 16.0 Å². The molecule has 0 unspecified atom stereocenters. The van der Waals surface area contributed by atoms with Crippen LogP contribution in [0.15, 0.2) is 48.5 Å². The summed E-state index contributed by atoms with van der Waals surface area (Å²) in [6.45, 7) is 1.93. The first kappa shape index (κ1) is 16.8. The zero-order valence-electron chi connectivity index (χ0n) is 13.5. The number of amides is 1. The number of hydrogen-bond acceptors (Lipinski definition) is 3. The first-order valence-corrected chi connectivity index (χ1v) is 8.66. The van der Waals surface area contributed by atoms with Gasteiger partial charge in [-0.15, -0.1) is 0 Å². The number of halogens is 1. The molecule has 0 atom stereocenters. The van der Waals surface area contributed by atoms with Crippen molar-refractivity contribution in [2.45, 2.75) is 19.4 Å². The number of hydrogen-bond donors (Lipinski definition) is 3. The summed E-state index contributed by atoms with van der Waals surface area (Å²) in [4.78, 5) is 12.1. The van der Waals surface area contributed by atoms with E-state index in [0.717, 1.165) is 18.2 Å². The van der Waals surface area contributed by atoms with E-state index >= 15 is 0 Å². The van der Waals surface area contributed by atoms with Gasteiger partial charge in [-0.2, -0.15) is 0 Å². The Morgan fingerprint density at radius 3 is 2.62 bits per heavy atom. The van der Waals surface area contributed by atoms with Crippen LogP contribution in [0.5, 0.6) is 0 Å². The van der Waals surface area contributed by atoms with Gasteiger partial charge in [0.2, 0.25) is 5.91 Å². The van der Waals surface area contributed by atoms with E-state index in [9.17, 15) is 4.79 Å². The summed E-state index contributed by atoms with van der Waals surface area (Å²) >= 11 is 6.08. The number of carbonyl (C=O) groups is 1. The standard InChI is InChI=1S/C19H22ClN3O/c20-16-8-9-17(22-12-14-4-2-1-3-5-14)18(10-16)23-19(24)13-21-11-15-6-7-15/h1-5,8-10,15,21-22H,6-7,11-13H2,(H,23,24). The average Bonchev–Trinajstić information content (AvgIpc) is 3.39. The van der Waals surface area contributed by atoms with Crippen LogP contribution in [0, 0.1) is 5.92 Å². The van der Waals surface area contributed by atoms with Gasteiger partial charge in [0.05, 0.1) is 17.9 Å². The Bertz CT molecular complexity index is 686. The summed E-state index contributed by atoms with van der Waals surface area (Å²) in [7, 11) is 0. The SMILES string of the molecule is O=C(CNCC1CC1)Nc1cc(Cl)ccc1NCc1ccccc1.